The Labute approximate surface area is 70.2 Å². The third-order valence-corrected chi connectivity index (χ3v) is 1.79. The van der Waals surface area contributed by atoms with E-state index in [-0.39, 0.29) is 0 Å². The molecule has 0 saturated heterocycles. The van der Waals surface area contributed by atoms with Gasteiger partial charge in [-0.25, -0.2) is 0 Å². The van der Waals surface area contributed by atoms with Crippen molar-refractivity contribution in [1.29, 1.82) is 0 Å². The molecule has 0 aliphatic carbocycles. The third-order valence-electron chi connectivity index (χ3n) is 1.79. The molecule has 4 heteroatoms. The Morgan fingerprint density at radius 1 is 1.42 bits per heavy atom. The van der Waals surface area contributed by atoms with E-state index < -0.39 is 0 Å². The summed E-state index contributed by atoms with van der Waals surface area (Å²) in [6.45, 7) is 2.96. The zero-order valence-corrected chi connectivity index (χ0v) is 6.86. The van der Waals surface area contributed by atoms with Crippen molar-refractivity contribution in [3.05, 3.63) is 24.8 Å². The second-order valence-corrected chi connectivity index (χ2v) is 2.57. The maximum atomic E-state index is 4.17. The average molecular weight is 162 g/mol. The largest absolute Gasteiger partial charge is 0.285 e. The first-order valence-electron chi connectivity index (χ1n) is 3.91. The fraction of sp³-hybridized carbons (Fsp3) is 0.250. The number of hydrogen-bond acceptors (Lipinski definition) is 2. The summed E-state index contributed by atoms with van der Waals surface area (Å²) in [4.78, 5) is 0. The number of aromatic nitrogens is 4. The van der Waals surface area contributed by atoms with E-state index in [9.17, 15) is 0 Å². The summed E-state index contributed by atoms with van der Waals surface area (Å²) in [5.74, 6) is 0. The van der Waals surface area contributed by atoms with Gasteiger partial charge in [-0.2, -0.15) is 10.2 Å². The van der Waals surface area contributed by atoms with Crippen LogP contribution in [0, 0.1) is 0 Å². The minimum Gasteiger partial charge on any atom is -0.285 e. The predicted molar refractivity (Wildman–Crippen MR) is 45.5 cm³/mol. The van der Waals surface area contributed by atoms with Crippen molar-refractivity contribution in [2.24, 2.45) is 0 Å². The molecule has 62 valence electrons. The Hall–Kier alpha value is -1.58. The Morgan fingerprint density at radius 3 is 2.92 bits per heavy atom. The topological polar surface area (TPSA) is 46.5 Å². The lowest BCUT2D eigenvalue weighted by molar-refractivity contribution is 0.660. The molecule has 2 aromatic heterocycles. The van der Waals surface area contributed by atoms with E-state index in [1.165, 1.54) is 0 Å². The summed E-state index contributed by atoms with van der Waals surface area (Å²) < 4.78 is 1.89. The minimum atomic E-state index is 0.901. The van der Waals surface area contributed by atoms with Gasteiger partial charge in [0.25, 0.3) is 0 Å². The van der Waals surface area contributed by atoms with Gasteiger partial charge < -0.3 is 0 Å². The van der Waals surface area contributed by atoms with Gasteiger partial charge >= 0.3 is 0 Å². The zero-order chi connectivity index (χ0) is 8.39. The Bertz CT molecular complexity index is 347. The van der Waals surface area contributed by atoms with E-state index >= 15 is 0 Å². The van der Waals surface area contributed by atoms with Crippen LogP contribution in [0.5, 0.6) is 0 Å². The molecule has 2 rings (SSSR count). The number of nitrogens with one attached hydrogen (secondary N) is 1. The van der Waals surface area contributed by atoms with Crippen LogP contribution in [0.2, 0.25) is 0 Å². The number of hydrogen-bond donors (Lipinski definition) is 1. The smallest absolute Gasteiger partial charge is 0.0569 e. The third kappa shape index (κ3) is 1.11. The van der Waals surface area contributed by atoms with Crippen molar-refractivity contribution in [2.75, 3.05) is 0 Å². The molecule has 0 amide bonds. The van der Waals surface area contributed by atoms with Crippen molar-refractivity contribution in [2.45, 2.75) is 13.5 Å². The second kappa shape index (κ2) is 2.81. The van der Waals surface area contributed by atoms with E-state index in [0.717, 1.165) is 17.7 Å². The van der Waals surface area contributed by atoms with Crippen LogP contribution in [0.4, 0.5) is 0 Å². The maximum Gasteiger partial charge on any atom is 0.0569 e. The van der Waals surface area contributed by atoms with Crippen LogP contribution in [0.3, 0.4) is 0 Å². The first-order valence-corrected chi connectivity index (χ1v) is 3.91. The lowest BCUT2D eigenvalue weighted by Crippen LogP contribution is -1.91. The molecule has 4 nitrogen and oxygen atoms in total. The summed E-state index contributed by atoms with van der Waals surface area (Å²) in [5.41, 5.74) is 2.18. The monoisotopic (exact) mass is 162 g/mol. The lowest BCUT2D eigenvalue weighted by Gasteiger charge is -1.90. The minimum absolute atomic E-state index is 0.901. The fourth-order valence-corrected chi connectivity index (χ4v) is 1.09. The maximum absolute atomic E-state index is 4.17. The van der Waals surface area contributed by atoms with Gasteiger partial charge in [0.1, 0.15) is 0 Å². The molecular weight excluding hydrogens is 152 g/mol. The van der Waals surface area contributed by atoms with Crippen LogP contribution in [-0.2, 0) is 6.54 Å². The van der Waals surface area contributed by atoms with Crippen molar-refractivity contribution in [3.8, 4) is 11.1 Å². The standard InChI is InChI=1S/C8H10N4/c1-2-12-6-8(5-11-12)7-3-9-10-4-7/h3-6H,2H2,1H3,(H,9,10). The van der Waals surface area contributed by atoms with Gasteiger partial charge in [-0.05, 0) is 6.92 Å². The normalized spacial score (nSPS) is 10.4. The molecule has 0 bridgehead atoms. The zero-order valence-electron chi connectivity index (χ0n) is 6.86. The van der Waals surface area contributed by atoms with E-state index in [2.05, 4.69) is 22.2 Å². The Balaban J connectivity index is 2.35. The molecule has 1 N–H and O–H groups in total. The highest BCUT2D eigenvalue weighted by Crippen LogP contribution is 2.15. The molecule has 0 atom stereocenters. The van der Waals surface area contributed by atoms with Crippen LogP contribution < -0.4 is 0 Å². The highest BCUT2D eigenvalue weighted by Gasteiger charge is 2.00. The van der Waals surface area contributed by atoms with Gasteiger partial charge in [-0.1, -0.05) is 0 Å². The van der Waals surface area contributed by atoms with Crippen molar-refractivity contribution in [3.63, 3.8) is 0 Å². The van der Waals surface area contributed by atoms with Gasteiger partial charge in [0, 0.05) is 30.1 Å². The number of aryl methyl sites for hydroxylation is 1. The first kappa shape index (κ1) is 7.09. The lowest BCUT2D eigenvalue weighted by atomic mass is 10.2. The number of nitrogens with zero attached hydrogens (tertiary/aromatic N) is 3. The molecule has 12 heavy (non-hydrogen) atoms. The first-order chi connectivity index (χ1) is 5.90. The van der Waals surface area contributed by atoms with Crippen LogP contribution in [0.1, 0.15) is 6.92 Å². The molecule has 0 saturated carbocycles. The molecule has 0 radical (unpaired) electrons. The Morgan fingerprint density at radius 2 is 2.33 bits per heavy atom. The molecule has 2 aromatic rings. The van der Waals surface area contributed by atoms with Crippen molar-refractivity contribution < 1.29 is 0 Å². The summed E-state index contributed by atoms with van der Waals surface area (Å²) in [7, 11) is 0. The fourth-order valence-electron chi connectivity index (χ4n) is 1.09. The molecule has 0 spiro atoms. The van der Waals surface area contributed by atoms with E-state index in [1.807, 2.05) is 23.3 Å². The molecule has 0 unspecified atom stereocenters. The number of rotatable bonds is 2. The molecule has 0 aromatic carbocycles. The summed E-state index contributed by atoms with van der Waals surface area (Å²) >= 11 is 0. The van der Waals surface area contributed by atoms with Crippen LogP contribution >= 0.6 is 0 Å². The molecule has 2 heterocycles. The van der Waals surface area contributed by atoms with Crippen LogP contribution in [-0.4, -0.2) is 20.0 Å². The average Bonchev–Trinajstić information content (AvgIpc) is 2.75. The summed E-state index contributed by atoms with van der Waals surface area (Å²) in [5, 5.41) is 10.8. The van der Waals surface area contributed by atoms with Gasteiger partial charge in [0.05, 0.1) is 12.4 Å². The van der Waals surface area contributed by atoms with Crippen molar-refractivity contribution in [1.82, 2.24) is 20.0 Å². The molecular formula is C8H10N4. The van der Waals surface area contributed by atoms with Gasteiger partial charge in [-0.15, -0.1) is 0 Å². The van der Waals surface area contributed by atoms with Gasteiger partial charge in [-0.3, -0.25) is 9.78 Å². The van der Waals surface area contributed by atoms with Gasteiger partial charge in [0.2, 0.25) is 0 Å². The molecule has 0 fully saturated rings. The Kier molecular flexibility index (Phi) is 1.66. The molecule has 0 aliphatic heterocycles. The molecule has 0 aliphatic rings. The predicted octanol–water partition coefficient (Wildman–Crippen LogP) is 1.29. The summed E-state index contributed by atoms with van der Waals surface area (Å²) in [6, 6.07) is 0. The SMILES string of the molecule is CCn1cc(-c2cn[nH]c2)cn1. The number of H-pyrrole nitrogens is 1. The van der Waals surface area contributed by atoms with Gasteiger partial charge in [0.15, 0.2) is 0 Å². The van der Waals surface area contributed by atoms with Crippen LogP contribution in [0.25, 0.3) is 11.1 Å². The quantitative estimate of drug-likeness (QED) is 0.723. The van der Waals surface area contributed by atoms with E-state index in [1.54, 1.807) is 6.20 Å². The summed E-state index contributed by atoms with van der Waals surface area (Å²) in [6.07, 6.45) is 7.49. The number of aromatic amines is 1. The highest BCUT2D eigenvalue weighted by molar-refractivity contribution is 5.59. The highest BCUT2D eigenvalue weighted by atomic mass is 15.3. The van der Waals surface area contributed by atoms with Crippen LogP contribution in [0.15, 0.2) is 24.8 Å². The van der Waals surface area contributed by atoms with Crippen molar-refractivity contribution >= 4 is 0 Å². The second-order valence-electron chi connectivity index (χ2n) is 2.57. The van der Waals surface area contributed by atoms with E-state index in [4.69, 9.17) is 0 Å². The van der Waals surface area contributed by atoms with E-state index in [0.29, 0.717) is 0 Å².